The number of benzene rings is 1. The van der Waals surface area contributed by atoms with Crippen LogP contribution in [-0.4, -0.2) is 32.9 Å². The van der Waals surface area contributed by atoms with Crippen molar-refractivity contribution in [2.45, 2.75) is 0 Å². The molecular formula is C9H12N2O3S. The first-order valence-corrected chi connectivity index (χ1v) is 5.98. The quantitative estimate of drug-likeness (QED) is 0.770. The van der Waals surface area contributed by atoms with E-state index in [0.29, 0.717) is 24.5 Å². The number of ether oxygens (including phenoxy) is 1. The zero-order valence-corrected chi connectivity index (χ0v) is 9.12. The molecule has 0 amide bonds. The van der Waals surface area contributed by atoms with Crippen LogP contribution in [-0.2, 0) is 10.2 Å². The SMILES string of the molecule is COc1ccc(NS(=O)(=O)N2CC2)cc1. The zero-order chi connectivity index (χ0) is 10.9. The molecule has 5 nitrogen and oxygen atoms in total. The molecule has 0 radical (unpaired) electrons. The van der Waals surface area contributed by atoms with Crippen molar-refractivity contribution in [2.24, 2.45) is 0 Å². The van der Waals surface area contributed by atoms with Gasteiger partial charge in [-0.25, -0.2) is 0 Å². The van der Waals surface area contributed by atoms with E-state index in [0.717, 1.165) is 0 Å². The van der Waals surface area contributed by atoms with Gasteiger partial charge in [0.25, 0.3) is 0 Å². The van der Waals surface area contributed by atoms with E-state index in [1.807, 2.05) is 0 Å². The summed E-state index contributed by atoms with van der Waals surface area (Å²) in [6, 6.07) is 6.75. The van der Waals surface area contributed by atoms with Crippen LogP contribution in [0.15, 0.2) is 24.3 Å². The average molecular weight is 228 g/mol. The van der Waals surface area contributed by atoms with E-state index < -0.39 is 10.2 Å². The minimum atomic E-state index is -3.32. The van der Waals surface area contributed by atoms with Gasteiger partial charge in [-0.05, 0) is 24.3 Å². The first-order valence-electron chi connectivity index (χ1n) is 4.54. The molecule has 0 saturated carbocycles. The normalized spacial score (nSPS) is 16.1. The van der Waals surface area contributed by atoms with Crippen LogP contribution in [0, 0.1) is 0 Å². The van der Waals surface area contributed by atoms with E-state index in [1.54, 1.807) is 31.4 Å². The number of methoxy groups -OCH3 is 1. The van der Waals surface area contributed by atoms with Crippen molar-refractivity contribution in [2.75, 3.05) is 24.9 Å². The summed E-state index contributed by atoms with van der Waals surface area (Å²) < 4.78 is 31.8. The van der Waals surface area contributed by atoms with Crippen LogP contribution < -0.4 is 9.46 Å². The smallest absolute Gasteiger partial charge is 0.301 e. The highest BCUT2D eigenvalue weighted by molar-refractivity contribution is 7.90. The maximum Gasteiger partial charge on any atom is 0.301 e. The number of nitrogens with zero attached hydrogens (tertiary/aromatic N) is 1. The minimum absolute atomic E-state index is 0.544. The van der Waals surface area contributed by atoms with E-state index in [-0.39, 0.29) is 0 Å². The summed E-state index contributed by atoms with van der Waals surface area (Å²) in [5.41, 5.74) is 0.544. The molecule has 6 heteroatoms. The van der Waals surface area contributed by atoms with Crippen LogP contribution in [0.4, 0.5) is 5.69 Å². The predicted octanol–water partition coefficient (Wildman–Crippen LogP) is 0.667. The minimum Gasteiger partial charge on any atom is -0.497 e. The van der Waals surface area contributed by atoms with Crippen molar-refractivity contribution in [3.63, 3.8) is 0 Å². The predicted molar refractivity (Wildman–Crippen MR) is 57.1 cm³/mol. The number of hydrogen-bond donors (Lipinski definition) is 1. The lowest BCUT2D eigenvalue weighted by atomic mass is 10.3. The van der Waals surface area contributed by atoms with E-state index in [9.17, 15) is 8.42 Å². The van der Waals surface area contributed by atoms with Crippen molar-refractivity contribution in [3.8, 4) is 5.75 Å². The van der Waals surface area contributed by atoms with Gasteiger partial charge in [0, 0.05) is 13.1 Å². The standard InChI is InChI=1S/C9H12N2O3S/c1-14-9-4-2-8(3-5-9)10-15(12,13)11-6-7-11/h2-5,10H,6-7H2,1H3. The van der Waals surface area contributed by atoms with Crippen LogP contribution in [0.2, 0.25) is 0 Å². The van der Waals surface area contributed by atoms with Gasteiger partial charge in [0.1, 0.15) is 5.75 Å². The molecule has 1 heterocycles. The Hall–Kier alpha value is -1.27. The van der Waals surface area contributed by atoms with Crippen molar-refractivity contribution < 1.29 is 13.2 Å². The van der Waals surface area contributed by atoms with Gasteiger partial charge >= 0.3 is 10.2 Å². The van der Waals surface area contributed by atoms with Gasteiger partial charge in [0.15, 0.2) is 0 Å². The summed E-state index contributed by atoms with van der Waals surface area (Å²) >= 11 is 0. The summed E-state index contributed by atoms with van der Waals surface area (Å²) in [6.45, 7) is 1.21. The Balaban J connectivity index is 2.10. The Morgan fingerprint density at radius 3 is 2.33 bits per heavy atom. The molecule has 0 bridgehead atoms. The Morgan fingerprint density at radius 2 is 1.87 bits per heavy atom. The third-order valence-corrected chi connectivity index (χ3v) is 3.62. The van der Waals surface area contributed by atoms with E-state index in [4.69, 9.17) is 4.74 Å². The van der Waals surface area contributed by atoms with E-state index in [1.165, 1.54) is 4.31 Å². The first-order chi connectivity index (χ1) is 7.12. The van der Waals surface area contributed by atoms with Crippen LogP contribution in [0.3, 0.4) is 0 Å². The Bertz CT molecular complexity index is 437. The van der Waals surface area contributed by atoms with Gasteiger partial charge in [0.2, 0.25) is 0 Å². The Morgan fingerprint density at radius 1 is 1.27 bits per heavy atom. The van der Waals surface area contributed by atoms with Crippen molar-refractivity contribution in [1.82, 2.24) is 4.31 Å². The lowest BCUT2D eigenvalue weighted by Gasteiger charge is -2.08. The second-order valence-corrected chi connectivity index (χ2v) is 4.91. The second-order valence-electron chi connectivity index (χ2n) is 3.23. The van der Waals surface area contributed by atoms with Gasteiger partial charge in [-0.3, -0.25) is 4.72 Å². The third kappa shape index (κ3) is 2.40. The molecule has 1 aromatic carbocycles. The van der Waals surface area contributed by atoms with Gasteiger partial charge in [-0.15, -0.1) is 0 Å². The van der Waals surface area contributed by atoms with Crippen LogP contribution >= 0.6 is 0 Å². The average Bonchev–Trinajstić information content (AvgIpc) is 3.01. The molecule has 0 aliphatic carbocycles. The van der Waals surface area contributed by atoms with Crippen LogP contribution in [0.5, 0.6) is 5.75 Å². The fraction of sp³-hybridized carbons (Fsp3) is 0.333. The first kappa shape index (κ1) is 10.3. The maximum absolute atomic E-state index is 11.5. The van der Waals surface area contributed by atoms with Crippen LogP contribution in [0.1, 0.15) is 0 Å². The summed E-state index contributed by atoms with van der Waals surface area (Å²) in [4.78, 5) is 0. The molecule has 82 valence electrons. The molecule has 2 rings (SSSR count). The topological polar surface area (TPSA) is 58.4 Å². The maximum atomic E-state index is 11.5. The Labute approximate surface area is 88.8 Å². The molecule has 0 unspecified atom stereocenters. The largest absolute Gasteiger partial charge is 0.497 e. The molecule has 1 saturated heterocycles. The number of hydrogen-bond acceptors (Lipinski definition) is 3. The summed E-state index contributed by atoms with van der Waals surface area (Å²) in [6.07, 6.45) is 0. The van der Waals surface area contributed by atoms with Crippen molar-refractivity contribution >= 4 is 15.9 Å². The summed E-state index contributed by atoms with van der Waals surface area (Å²) in [7, 11) is -1.75. The fourth-order valence-electron chi connectivity index (χ4n) is 1.15. The van der Waals surface area contributed by atoms with Gasteiger partial charge in [-0.1, -0.05) is 0 Å². The van der Waals surface area contributed by atoms with E-state index >= 15 is 0 Å². The van der Waals surface area contributed by atoms with Crippen LogP contribution in [0.25, 0.3) is 0 Å². The molecular weight excluding hydrogens is 216 g/mol. The Kier molecular flexibility index (Phi) is 2.54. The van der Waals surface area contributed by atoms with Gasteiger partial charge in [0.05, 0.1) is 12.8 Å². The second kappa shape index (κ2) is 3.71. The molecule has 0 aromatic heterocycles. The molecule has 1 N–H and O–H groups in total. The molecule has 1 fully saturated rings. The highest BCUT2D eigenvalue weighted by Crippen LogP contribution is 2.19. The molecule has 15 heavy (non-hydrogen) atoms. The van der Waals surface area contributed by atoms with E-state index in [2.05, 4.69) is 4.72 Å². The van der Waals surface area contributed by atoms with Crippen molar-refractivity contribution in [3.05, 3.63) is 24.3 Å². The molecule has 0 spiro atoms. The molecule has 1 aliphatic heterocycles. The highest BCUT2D eigenvalue weighted by Gasteiger charge is 2.31. The monoisotopic (exact) mass is 228 g/mol. The number of anilines is 1. The lowest BCUT2D eigenvalue weighted by Crippen LogP contribution is -2.20. The zero-order valence-electron chi connectivity index (χ0n) is 8.30. The van der Waals surface area contributed by atoms with Gasteiger partial charge < -0.3 is 4.74 Å². The molecule has 0 atom stereocenters. The third-order valence-electron chi connectivity index (χ3n) is 2.08. The lowest BCUT2D eigenvalue weighted by molar-refractivity contribution is 0.415. The molecule has 1 aromatic rings. The summed E-state index contributed by atoms with van der Waals surface area (Å²) in [5, 5.41) is 0. The summed E-state index contributed by atoms with van der Waals surface area (Å²) in [5.74, 6) is 0.699. The molecule has 1 aliphatic rings. The van der Waals surface area contributed by atoms with Crippen molar-refractivity contribution in [1.29, 1.82) is 0 Å². The highest BCUT2D eigenvalue weighted by atomic mass is 32.2. The number of rotatable bonds is 4. The fourth-order valence-corrected chi connectivity index (χ4v) is 2.28. The number of nitrogens with one attached hydrogen (secondary N) is 1. The van der Waals surface area contributed by atoms with Gasteiger partial charge in [-0.2, -0.15) is 12.7 Å².